The second kappa shape index (κ2) is 5.69. The minimum atomic E-state index is -0.731. The Morgan fingerprint density at radius 3 is 2.22 bits per heavy atom. The molecule has 1 aliphatic carbocycles. The van der Waals surface area contributed by atoms with Crippen LogP contribution in [-0.2, 0) is 9.53 Å². The molecule has 5 heteroatoms. The lowest BCUT2D eigenvalue weighted by atomic mass is 9.92. The summed E-state index contributed by atoms with van der Waals surface area (Å²) in [6.07, 6.45) is 2.82. The van der Waals surface area contributed by atoms with Gasteiger partial charge in [0.25, 0.3) is 0 Å². The van der Waals surface area contributed by atoms with Crippen LogP contribution in [0.25, 0.3) is 0 Å². The maximum atomic E-state index is 12.1. The normalized spacial score (nSPS) is 18.4. The molecule has 104 valence electrons. The molecule has 0 aliphatic heterocycles. The zero-order valence-electron chi connectivity index (χ0n) is 11.8. The quantitative estimate of drug-likeness (QED) is 0.802. The predicted molar refractivity (Wildman–Crippen MR) is 69.5 cm³/mol. The maximum absolute atomic E-state index is 12.1. The van der Waals surface area contributed by atoms with Gasteiger partial charge in [-0.05, 0) is 40.7 Å². The summed E-state index contributed by atoms with van der Waals surface area (Å²) in [7, 11) is 1.73. The Morgan fingerprint density at radius 1 is 1.22 bits per heavy atom. The highest BCUT2D eigenvalue weighted by atomic mass is 16.6. The zero-order chi connectivity index (χ0) is 13.8. The van der Waals surface area contributed by atoms with Gasteiger partial charge in [0.15, 0.2) is 5.78 Å². The zero-order valence-corrected chi connectivity index (χ0v) is 11.8. The molecule has 0 atom stereocenters. The van der Waals surface area contributed by atoms with Gasteiger partial charge in [0.1, 0.15) is 11.1 Å². The van der Waals surface area contributed by atoms with Crippen LogP contribution in [0.4, 0.5) is 4.79 Å². The molecule has 2 N–H and O–H groups in total. The van der Waals surface area contributed by atoms with Crippen LogP contribution in [-0.4, -0.2) is 36.6 Å². The Labute approximate surface area is 109 Å². The van der Waals surface area contributed by atoms with E-state index in [1.54, 1.807) is 7.05 Å². The number of ether oxygens (including phenoxy) is 1. The number of carbonyl (C=O) groups is 2. The van der Waals surface area contributed by atoms with E-state index in [4.69, 9.17) is 4.74 Å². The molecule has 1 saturated carbocycles. The third-order valence-corrected chi connectivity index (χ3v) is 3.07. The minimum Gasteiger partial charge on any atom is -0.444 e. The summed E-state index contributed by atoms with van der Waals surface area (Å²) >= 11 is 0. The third-order valence-electron chi connectivity index (χ3n) is 3.07. The number of ketones is 1. The van der Waals surface area contributed by atoms with Crippen molar-refractivity contribution in [2.75, 3.05) is 13.6 Å². The molecule has 0 radical (unpaired) electrons. The molecule has 18 heavy (non-hydrogen) atoms. The Balaban J connectivity index is 2.69. The average molecular weight is 256 g/mol. The first-order valence-corrected chi connectivity index (χ1v) is 6.48. The van der Waals surface area contributed by atoms with Crippen LogP contribution >= 0.6 is 0 Å². The lowest BCUT2D eigenvalue weighted by molar-refractivity contribution is -0.124. The highest BCUT2D eigenvalue weighted by Gasteiger charge is 2.42. The van der Waals surface area contributed by atoms with Crippen LogP contribution in [0.2, 0.25) is 0 Å². The molecular formula is C13H24N2O3. The van der Waals surface area contributed by atoms with Crippen LogP contribution in [0.3, 0.4) is 0 Å². The van der Waals surface area contributed by atoms with Gasteiger partial charge in [-0.3, -0.25) is 4.79 Å². The summed E-state index contributed by atoms with van der Waals surface area (Å²) in [5.74, 6) is 0.0355. The van der Waals surface area contributed by atoms with Crippen LogP contribution in [0.5, 0.6) is 0 Å². The molecule has 1 aliphatic rings. The molecular weight excluding hydrogens is 232 g/mol. The van der Waals surface area contributed by atoms with Gasteiger partial charge in [-0.1, -0.05) is 12.8 Å². The summed E-state index contributed by atoms with van der Waals surface area (Å²) in [6, 6.07) is 0. The largest absolute Gasteiger partial charge is 0.444 e. The number of likely N-dealkylation sites (N-methyl/N-ethyl adjacent to an activating group) is 1. The van der Waals surface area contributed by atoms with Gasteiger partial charge in [0.05, 0.1) is 6.54 Å². The molecule has 0 saturated heterocycles. The molecule has 0 unspecified atom stereocenters. The lowest BCUT2D eigenvalue weighted by Gasteiger charge is -2.30. The summed E-state index contributed by atoms with van der Waals surface area (Å²) < 4.78 is 5.23. The highest BCUT2D eigenvalue weighted by molar-refractivity contribution is 5.93. The SMILES string of the molecule is CNCC(=O)C1(NC(=O)OC(C)(C)C)CCCC1. The van der Waals surface area contributed by atoms with Crippen molar-refractivity contribution in [2.24, 2.45) is 0 Å². The van der Waals surface area contributed by atoms with Gasteiger partial charge in [0, 0.05) is 0 Å². The summed E-state index contributed by atoms with van der Waals surface area (Å²) in [4.78, 5) is 24.0. The number of Topliss-reactive ketones (excluding diaryl/α,β-unsaturated/α-hetero) is 1. The van der Waals surface area contributed by atoms with E-state index in [2.05, 4.69) is 10.6 Å². The molecule has 1 amide bonds. The van der Waals surface area contributed by atoms with Crippen LogP contribution in [0.1, 0.15) is 46.5 Å². The Hall–Kier alpha value is -1.10. The van der Waals surface area contributed by atoms with Crippen molar-refractivity contribution in [3.8, 4) is 0 Å². The Bertz CT molecular complexity index is 315. The molecule has 1 fully saturated rings. The van der Waals surface area contributed by atoms with Crippen molar-refractivity contribution < 1.29 is 14.3 Å². The van der Waals surface area contributed by atoms with E-state index in [0.717, 1.165) is 12.8 Å². The standard InChI is InChI=1S/C13H24N2O3/c1-12(2,3)18-11(17)15-13(7-5-6-8-13)10(16)9-14-4/h14H,5-9H2,1-4H3,(H,15,17). The van der Waals surface area contributed by atoms with Crippen LogP contribution in [0.15, 0.2) is 0 Å². The van der Waals surface area contributed by atoms with Gasteiger partial charge in [-0.15, -0.1) is 0 Å². The van der Waals surface area contributed by atoms with E-state index in [9.17, 15) is 9.59 Å². The highest BCUT2D eigenvalue weighted by Crippen LogP contribution is 2.30. The van der Waals surface area contributed by atoms with Gasteiger partial charge >= 0.3 is 6.09 Å². The van der Waals surface area contributed by atoms with E-state index in [1.807, 2.05) is 20.8 Å². The van der Waals surface area contributed by atoms with E-state index >= 15 is 0 Å². The first kappa shape index (κ1) is 15.0. The van der Waals surface area contributed by atoms with Gasteiger partial charge < -0.3 is 15.4 Å². The van der Waals surface area contributed by atoms with Crippen molar-refractivity contribution >= 4 is 11.9 Å². The van der Waals surface area contributed by atoms with Gasteiger partial charge in [0.2, 0.25) is 0 Å². The molecule has 0 aromatic heterocycles. The molecule has 1 rings (SSSR count). The van der Waals surface area contributed by atoms with E-state index < -0.39 is 17.2 Å². The number of amides is 1. The van der Waals surface area contributed by atoms with E-state index in [0.29, 0.717) is 12.8 Å². The fraction of sp³-hybridized carbons (Fsp3) is 0.846. The van der Waals surface area contributed by atoms with Crippen molar-refractivity contribution in [3.05, 3.63) is 0 Å². The molecule has 0 spiro atoms. The van der Waals surface area contributed by atoms with Crippen LogP contribution in [0, 0.1) is 0 Å². The van der Waals surface area contributed by atoms with E-state index in [-0.39, 0.29) is 12.3 Å². The van der Waals surface area contributed by atoms with Crippen LogP contribution < -0.4 is 10.6 Å². The third kappa shape index (κ3) is 3.98. The summed E-state index contributed by atoms with van der Waals surface area (Å²) in [6.45, 7) is 5.70. The van der Waals surface area contributed by atoms with Crippen molar-refractivity contribution in [1.82, 2.24) is 10.6 Å². The predicted octanol–water partition coefficient (Wildman–Crippen LogP) is 1.61. The molecule has 5 nitrogen and oxygen atoms in total. The van der Waals surface area contributed by atoms with Gasteiger partial charge in [-0.2, -0.15) is 0 Å². The maximum Gasteiger partial charge on any atom is 0.408 e. The first-order valence-electron chi connectivity index (χ1n) is 6.48. The number of nitrogens with one attached hydrogen (secondary N) is 2. The number of alkyl carbamates (subject to hydrolysis) is 1. The average Bonchev–Trinajstić information content (AvgIpc) is 2.64. The molecule has 0 aromatic rings. The van der Waals surface area contributed by atoms with Crippen molar-refractivity contribution in [2.45, 2.75) is 57.6 Å². The fourth-order valence-corrected chi connectivity index (χ4v) is 2.28. The molecule has 0 bridgehead atoms. The minimum absolute atomic E-state index is 0.0355. The Morgan fingerprint density at radius 2 is 1.78 bits per heavy atom. The summed E-state index contributed by atoms with van der Waals surface area (Å²) in [5, 5.41) is 5.63. The monoisotopic (exact) mass is 256 g/mol. The topological polar surface area (TPSA) is 67.4 Å². The molecule has 0 aromatic carbocycles. The Kier molecular flexibility index (Phi) is 4.73. The lowest BCUT2D eigenvalue weighted by Crippen LogP contribution is -2.55. The van der Waals surface area contributed by atoms with Crippen molar-refractivity contribution in [1.29, 1.82) is 0 Å². The first-order chi connectivity index (χ1) is 8.29. The van der Waals surface area contributed by atoms with E-state index in [1.165, 1.54) is 0 Å². The number of carbonyl (C=O) groups excluding carboxylic acids is 2. The fourth-order valence-electron chi connectivity index (χ4n) is 2.28. The number of hydrogen-bond acceptors (Lipinski definition) is 4. The summed E-state index contributed by atoms with van der Waals surface area (Å²) in [5.41, 5.74) is -1.28. The number of hydrogen-bond donors (Lipinski definition) is 2. The second-order valence-electron chi connectivity index (χ2n) is 5.87. The van der Waals surface area contributed by atoms with Crippen molar-refractivity contribution in [3.63, 3.8) is 0 Å². The van der Waals surface area contributed by atoms with Gasteiger partial charge in [-0.25, -0.2) is 4.79 Å². The second-order valence-corrected chi connectivity index (χ2v) is 5.87. The smallest absolute Gasteiger partial charge is 0.408 e. The number of rotatable bonds is 4. The molecule has 0 heterocycles.